The fourth-order valence-corrected chi connectivity index (χ4v) is 4.01. The molecular weight excluding hydrogens is 444 g/mol. The summed E-state index contributed by atoms with van der Waals surface area (Å²) < 4.78 is 10.8. The number of pyridine rings is 1. The number of aliphatic hydroxyl groups excluding tert-OH is 1. The van der Waals surface area contributed by atoms with E-state index >= 15 is 0 Å². The van der Waals surface area contributed by atoms with Gasteiger partial charge in [-0.2, -0.15) is 0 Å². The van der Waals surface area contributed by atoms with E-state index in [-0.39, 0.29) is 16.9 Å². The molecule has 0 saturated carbocycles. The van der Waals surface area contributed by atoms with E-state index in [1.165, 1.54) is 18.1 Å². The Bertz CT molecular complexity index is 1230. The molecule has 0 radical (unpaired) electrons. The van der Waals surface area contributed by atoms with Gasteiger partial charge in [0.25, 0.3) is 11.7 Å². The number of rotatable bonds is 6. The maximum Gasteiger partial charge on any atom is 0.300 e. The Hall–Kier alpha value is -3.84. The molecule has 7 nitrogen and oxygen atoms in total. The van der Waals surface area contributed by atoms with E-state index in [0.717, 1.165) is 0 Å². The van der Waals surface area contributed by atoms with Crippen LogP contribution >= 0.6 is 11.6 Å². The molecular formula is C25H21ClN2O5. The highest BCUT2D eigenvalue weighted by Gasteiger charge is 2.47. The molecule has 2 heterocycles. The summed E-state index contributed by atoms with van der Waals surface area (Å²) in [6.45, 7) is 2.38. The Morgan fingerprint density at radius 2 is 1.79 bits per heavy atom. The number of methoxy groups -OCH3 is 1. The highest BCUT2D eigenvalue weighted by molar-refractivity contribution is 6.51. The first kappa shape index (κ1) is 22.4. The van der Waals surface area contributed by atoms with Crippen LogP contribution in [0.2, 0.25) is 5.02 Å². The van der Waals surface area contributed by atoms with Gasteiger partial charge in [0.05, 0.1) is 30.9 Å². The maximum absolute atomic E-state index is 13.2. The summed E-state index contributed by atoms with van der Waals surface area (Å²) in [4.78, 5) is 31.8. The monoisotopic (exact) mass is 464 g/mol. The van der Waals surface area contributed by atoms with Gasteiger partial charge in [0.2, 0.25) is 0 Å². The van der Waals surface area contributed by atoms with Gasteiger partial charge in [-0.25, -0.2) is 0 Å². The molecule has 0 bridgehead atoms. The molecule has 1 N–H and O–H groups in total. The zero-order valence-electron chi connectivity index (χ0n) is 18.0. The van der Waals surface area contributed by atoms with Crippen LogP contribution in [0.4, 0.5) is 5.69 Å². The molecule has 3 aromatic rings. The van der Waals surface area contributed by atoms with Gasteiger partial charge in [-0.1, -0.05) is 11.6 Å². The number of amides is 1. The quantitative estimate of drug-likeness (QED) is 0.321. The van der Waals surface area contributed by atoms with Crippen LogP contribution in [0.5, 0.6) is 11.5 Å². The molecule has 1 saturated heterocycles. The number of anilines is 1. The number of nitrogens with zero attached hydrogens (tertiary/aromatic N) is 2. The number of hydrogen-bond donors (Lipinski definition) is 1. The van der Waals surface area contributed by atoms with Crippen LogP contribution in [-0.4, -0.2) is 35.5 Å². The summed E-state index contributed by atoms with van der Waals surface area (Å²) in [6.07, 6.45) is 3.13. The lowest BCUT2D eigenvalue weighted by Gasteiger charge is -2.25. The second-order valence-corrected chi connectivity index (χ2v) is 7.66. The minimum absolute atomic E-state index is 0.0688. The molecule has 1 aromatic heterocycles. The zero-order valence-corrected chi connectivity index (χ0v) is 18.7. The van der Waals surface area contributed by atoms with Crippen molar-refractivity contribution in [2.24, 2.45) is 0 Å². The van der Waals surface area contributed by atoms with Crippen LogP contribution in [0.15, 0.2) is 72.6 Å². The number of halogens is 1. The first-order valence-electron chi connectivity index (χ1n) is 10.2. The van der Waals surface area contributed by atoms with E-state index in [0.29, 0.717) is 34.4 Å². The molecule has 33 heavy (non-hydrogen) atoms. The Kier molecular flexibility index (Phi) is 6.33. The first-order valence-corrected chi connectivity index (χ1v) is 10.6. The molecule has 1 atom stereocenters. The van der Waals surface area contributed by atoms with Gasteiger partial charge in [-0.3, -0.25) is 19.5 Å². The number of carbonyl (C=O) groups is 2. The second-order valence-electron chi connectivity index (χ2n) is 7.22. The Morgan fingerprint density at radius 3 is 2.42 bits per heavy atom. The van der Waals surface area contributed by atoms with Crippen LogP contribution in [0.3, 0.4) is 0 Å². The average molecular weight is 465 g/mol. The fraction of sp³-hybridized carbons (Fsp3) is 0.160. The summed E-state index contributed by atoms with van der Waals surface area (Å²) in [5, 5.41) is 11.6. The van der Waals surface area contributed by atoms with Gasteiger partial charge in [0.1, 0.15) is 17.3 Å². The van der Waals surface area contributed by atoms with Crippen molar-refractivity contribution in [3.8, 4) is 11.5 Å². The van der Waals surface area contributed by atoms with Crippen molar-refractivity contribution in [3.63, 3.8) is 0 Å². The van der Waals surface area contributed by atoms with Gasteiger partial charge >= 0.3 is 0 Å². The van der Waals surface area contributed by atoms with Crippen LogP contribution in [0.25, 0.3) is 5.76 Å². The Morgan fingerprint density at radius 1 is 1.09 bits per heavy atom. The average Bonchev–Trinajstić information content (AvgIpc) is 3.10. The lowest BCUT2D eigenvalue weighted by molar-refractivity contribution is -0.132. The predicted molar refractivity (Wildman–Crippen MR) is 125 cm³/mol. The van der Waals surface area contributed by atoms with Crippen molar-refractivity contribution in [2.75, 3.05) is 18.6 Å². The molecule has 1 unspecified atom stereocenters. The van der Waals surface area contributed by atoms with Crippen molar-refractivity contribution in [1.82, 2.24) is 4.98 Å². The van der Waals surface area contributed by atoms with Crippen molar-refractivity contribution < 1.29 is 24.2 Å². The topological polar surface area (TPSA) is 89.0 Å². The normalized spacial score (nSPS) is 17.3. The largest absolute Gasteiger partial charge is 0.507 e. The molecule has 168 valence electrons. The lowest BCUT2D eigenvalue weighted by atomic mass is 9.95. The van der Waals surface area contributed by atoms with Gasteiger partial charge in [0, 0.05) is 23.1 Å². The van der Waals surface area contributed by atoms with E-state index in [4.69, 9.17) is 21.1 Å². The second kappa shape index (κ2) is 9.34. The van der Waals surface area contributed by atoms with Crippen LogP contribution < -0.4 is 14.4 Å². The third-order valence-corrected chi connectivity index (χ3v) is 5.54. The standard InChI is InChI=1S/C25H21ClN2O5/c1-3-33-18-7-5-17(6-8-18)28-22(15-10-12-27-13-11-15)21(24(30)25(28)31)23(29)19-14-16(26)4-9-20(19)32-2/h4-14,22,29H,3H2,1-2H3/b23-21+. The van der Waals surface area contributed by atoms with Gasteiger partial charge in [0.15, 0.2) is 0 Å². The first-order chi connectivity index (χ1) is 16.0. The van der Waals surface area contributed by atoms with E-state index in [1.807, 2.05) is 6.92 Å². The van der Waals surface area contributed by atoms with Crippen molar-refractivity contribution in [3.05, 3.63) is 88.7 Å². The lowest BCUT2D eigenvalue weighted by Crippen LogP contribution is -2.29. The van der Waals surface area contributed by atoms with Gasteiger partial charge < -0.3 is 14.6 Å². The minimum Gasteiger partial charge on any atom is -0.507 e. The molecule has 0 spiro atoms. The third-order valence-electron chi connectivity index (χ3n) is 5.31. The van der Waals surface area contributed by atoms with Crippen LogP contribution in [0, 0.1) is 0 Å². The summed E-state index contributed by atoms with van der Waals surface area (Å²) in [6, 6.07) is 14.0. The number of ketones is 1. The van der Waals surface area contributed by atoms with E-state index < -0.39 is 17.7 Å². The highest BCUT2D eigenvalue weighted by atomic mass is 35.5. The van der Waals surface area contributed by atoms with Gasteiger partial charge in [-0.05, 0) is 67.1 Å². The molecule has 0 aliphatic carbocycles. The number of carbonyl (C=O) groups excluding carboxylic acids is 2. The summed E-state index contributed by atoms with van der Waals surface area (Å²) in [7, 11) is 1.44. The number of Topliss-reactive ketones (excluding diaryl/α,β-unsaturated/α-hetero) is 1. The summed E-state index contributed by atoms with van der Waals surface area (Å²) >= 11 is 6.14. The number of hydrogen-bond acceptors (Lipinski definition) is 6. The summed E-state index contributed by atoms with van der Waals surface area (Å²) in [5.41, 5.74) is 1.24. The highest BCUT2D eigenvalue weighted by Crippen LogP contribution is 2.43. The van der Waals surface area contributed by atoms with E-state index in [9.17, 15) is 14.7 Å². The molecule has 2 aromatic carbocycles. The van der Waals surface area contributed by atoms with Gasteiger partial charge in [-0.15, -0.1) is 0 Å². The van der Waals surface area contributed by atoms with Crippen molar-refractivity contribution in [2.45, 2.75) is 13.0 Å². The minimum atomic E-state index is -0.880. The molecule has 4 rings (SSSR count). The number of aliphatic hydroxyl groups is 1. The third kappa shape index (κ3) is 4.15. The van der Waals surface area contributed by atoms with E-state index in [1.54, 1.807) is 60.9 Å². The molecule has 1 aliphatic heterocycles. The van der Waals surface area contributed by atoms with Crippen molar-refractivity contribution in [1.29, 1.82) is 0 Å². The molecule has 1 fully saturated rings. The number of benzene rings is 2. The molecule has 1 amide bonds. The zero-order chi connectivity index (χ0) is 23.5. The maximum atomic E-state index is 13.2. The Labute approximate surface area is 195 Å². The smallest absolute Gasteiger partial charge is 0.300 e. The summed E-state index contributed by atoms with van der Waals surface area (Å²) in [5.74, 6) is -0.990. The van der Waals surface area contributed by atoms with Crippen LogP contribution in [0.1, 0.15) is 24.1 Å². The Balaban J connectivity index is 1.92. The van der Waals surface area contributed by atoms with E-state index in [2.05, 4.69) is 4.98 Å². The SMILES string of the molecule is CCOc1ccc(N2C(=O)C(=O)/C(=C(/O)c3cc(Cl)ccc3OC)C2c2ccncc2)cc1. The number of aromatic nitrogens is 1. The molecule has 1 aliphatic rings. The van der Waals surface area contributed by atoms with Crippen molar-refractivity contribution >= 4 is 34.7 Å². The molecule has 8 heteroatoms. The predicted octanol–water partition coefficient (Wildman–Crippen LogP) is 4.77. The van der Waals surface area contributed by atoms with Crippen LogP contribution in [-0.2, 0) is 9.59 Å². The number of ether oxygens (including phenoxy) is 2. The fourth-order valence-electron chi connectivity index (χ4n) is 3.84.